The van der Waals surface area contributed by atoms with Crippen LogP contribution in [0.15, 0.2) is 12.1 Å². The van der Waals surface area contributed by atoms with Crippen LogP contribution >= 0.6 is 0 Å². The van der Waals surface area contributed by atoms with Crippen molar-refractivity contribution >= 4 is 11.9 Å². The molecule has 0 bridgehead atoms. The number of carboxylic acids is 1. The van der Waals surface area contributed by atoms with Crippen molar-refractivity contribution in [1.82, 2.24) is 4.68 Å². The minimum absolute atomic E-state index is 0.384. The van der Waals surface area contributed by atoms with Crippen LogP contribution in [-0.2, 0) is 9.59 Å². The van der Waals surface area contributed by atoms with Gasteiger partial charge in [0.2, 0.25) is 0 Å². The molecule has 0 aliphatic carbocycles. The molecule has 0 aliphatic heterocycles. The fourth-order valence-corrected chi connectivity index (χ4v) is 1.32. The molecule has 0 radical (unpaired) electrons. The summed E-state index contributed by atoms with van der Waals surface area (Å²) < 4.78 is 1.57. The number of carbonyl (C=O) groups excluding carboxylic acids is 1. The maximum atomic E-state index is 11.5. The van der Waals surface area contributed by atoms with Crippen LogP contribution in [0.3, 0.4) is 0 Å². The number of hydrogen-bond donors (Lipinski definition) is 3. The third-order valence-corrected chi connectivity index (χ3v) is 2.22. The molecule has 0 saturated carbocycles. The lowest BCUT2D eigenvalue weighted by atomic mass is 10.2. The number of nitrogens with two attached hydrogens (primary N) is 1. The van der Waals surface area contributed by atoms with Gasteiger partial charge in [-0.2, -0.15) is 0 Å². The van der Waals surface area contributed by atoms with Crippen molar-refractivity contribution in [2.75, 3.05) is 5.43 Å². The Morgan fingerprint density at radius 1 is 1.44 bits per heavy atom. The van der Waals surface area contributed by atoms with Crippen molar-refractivity contribution in [3.63, 3.8) is 0 Å². The molecular weight excluding hydrogens is 210 g/mol. The first-order chi connectivity index (χ1) is 7.41. The SMILES string of the molecule is Cc1ccc(C)n1NC(=O)C(N)CC(=O)O. The zero-order valence-electron chi connectivity index (χ0n) is 9.23. The molecular formula is C10H15N3O3. The second kappa shape index (κ2) is 4.80. The first kappa shape index (κ1) is 12.3. The van der Waals surface area contributed by atoms with E-state index in [2.05, 4.69) is 5.43 Å². The molecule has 0 saturated heterocycles. The van der Waals surface area contributed by atoms with Gasteiger partial charge in [-0.15, -0.1) is 0 Å². The van der Waals surface area contributed by atoms with Gasteiger partial charge in [0, 0.05) is 11.4 Å². The number of aryl methyl sites for hydroxylation is 2. The van der Waals surface area contributed by atoms with E-state index in [9.17, 15) is 9.59 Å². The van der Waals surface area contributed by atoms with Crippen molar-refractivity contribution in [1.29, 1.82) is 0 Å². The Morgan fingerprint density at radius 2 is 1.94 bits per heavy atom. The molecule has 1 aromatic rings. The summed E-state index contributed by atoms with van der Waals surface area (Å²) in [5.74, 6) is -1.60. The summed E-state index contributed by atoms with van der Waals surface area (Å²) in [6, 6.07) is 2.65. The van der Waals surface area contributed by atoms with Crippen LogP contribution in [0.1, 0.15) is 17.8 Å². The smallest absolute Gasteiger partial charge is 0.305 e. The predicted octanol–water partition coefficient (Wildman–Crippen LogP) is -0.0230. The van der Waals surface area contributed by atoms with Crippen molar-refractivity contribution in [3.05, 3.63) is 23.5 Å². The highest BCUT2D eigenvalue weighted by Crippen LogP contribution is 2.04. The van der Waals surface area contributed by atoms with Crippen LogP contribution in [0.4, 0.5) is 0 Å². The molecule has 16 heavy (non-hydrogen) atoms. The highest BCUT2D eigenvalue weighted by molar-refractivity contribution is 5.91. The van der Waals surface area contributed by atoms with Crippen LogP contribution in [0.25, 0.3) is 0 Å². The van der Waals surface area contributed by atoms with Crippen LogP contribution in [0.5, 0.6) is 0 Å². The van der Waals surface area contributed by atoms with Crippen LogP contribution in [0.2, 0.25) is 0 Å². The highest BCUT2D eigenvalue weighted by Gasteiger charge is 2.17. The molecule has 0 fully saturated rings. The normalized spacial score (nSPS) is 12.2. The number of carbonyl (C=O) groups is 2. The number of carboxylic acid groups (broad SMARTS) is 1. The Balaban J connectivity index is 2.68. The fraction of sp³-hybridized carbons (Fsp3) is 0.400. The molecule has 1 rings (SSSR count). The zero-order chi connectivity index (χ0) is 12.3. The Kier molecular flexibility index (Phi) is 3.68. The summed E-state index contributed by atoms with van der Waals surface area (Å²) in [6.45, 7) is 3.66. The molecule has 6 heteroatoms. The van der Waals surface area contributed by atoms with Crippen LogP contribution in [0, 0.1) is 13.8 Å². The van der Waals surface area contributed by atoms with E-state index in [4.69, 9.17) is 10.8 Å². The third kappa shape index (κ3) is 2.83. The van der Waals surface area contributed by atoms with Crippen molar-refractivity contribution in [3.8, 4) is 0 Å². The lowest BCUT2D eigenvalue weighted by molar-refractivity contribution is -0.138. The van der Waals surface area contributed by atoms with E-state index in [1.807, 2.05) is 26.0 Å². The van der Waals surface area contributed by atoms with Crippen LogP contribution in [-0.4, -0.2) is 27.7 Å². The Labute approximate surface area is 93.0 Å². The topological polar surface area (TPSA) is 97.4 Å². The first-order valence-electron chi connectivity index (χ1n) is 4.85. The van der Waals surface area contributed by atoms with E-state index in [1.54, 1.807) is 4.68 Å². The van der Waals surface area contributed by atoms with E-state index in [0.29, 0.717) is 0 Å². The number of rotatable bonds is 4. The zero-order valence-corrected chi connectivity index (χ0v) is 9.23. The molecule has 1 amide bonds. The van der Waals surface area contributed by atoms with Crippen molar-refractivity contribution in [2.45, 2.75) is 26.3 Å². The van der Waals surface area contributed by atoms with E-state index < -0.39 is 17.9 Å². The maximum absolute atomic E-state index is 11.5. The average molecular weight is 225 g/mol. The van der Waals surface area contributed by atoms with Gasteiger partial charge in [0.1, 0.15) is 0 Å². The average Bonchev–Trinajstić information content (AvgIpc) is 2.48. The highest BCUT2D eigenvalue weighted by atomic mass is 16.4. The Bertz CT molecular complexity index is 392. The summed E-state index contributed by atoms with van der Waals surface area (Å²) in [5, 5.41) is 8.50. The van der Waals surface area contributed by atoms with Gasteiger partial charge in [-0.3, -0.25) is 19.7 Å². The molecule has 1 heterocycles. The molecule has 4 N–H and O–H groups in total. The minimum atomic E-state index is -1.09. The molecule has 0 aromatic carbocycles. The van der Waals surface area contributed by atoms with E-state index in [0.717, 1.165) is 11.4 Å². The molecule has 6 nitrogen and oxygen atoms in total. The standard InChI is InChI=1S/C10H15N3O3/c1-6-3-4-7(2)13(6)12-10(16)8(11)5-9(14)15/h3-4,8H,5,11H2,1-2H3,(H,12,16)(H,14,15). The van der Waals surface area contributed by atoms with E-state index in [-0.39, 0.29) is 6.42 Å². The minimum Gasteiger partial charge on any atom is -0.481 e. The summed E-state index contributed by atoms with van der Waals surface area (Å²) in [7, 11) is 0. The summed E-state index contributed by atoms with van der Waals surface area (Å²) in [4.78, 5) is 21.9. The Hall–Kier alpha value is -1.82. The number of aliphatic carboxylic acids is 1. The molecule has 1 atom stereocenters. The lowest BCUT2D eigenvalue weighted by Gasteiger charge is -2.14. The molecule has 88 valence electrons. The fourth-order valence-electron chi connectivity index (χ4n) is 1.32. The summed E-state index contributed by atoms with van der Waals surface area (Å²) >= 11 is 0. The van der Waals surface area contributed by atoms with Gasteiger partial charge < -0.3 is 10.8 Å². The van der Waals surface area contributed by atoms with Gasteiger partial charge in [0.15, 0.2) is 0 Å². The molecule has 0 aliphatic rings. The number of aromatic nitrogens is 1. The van der Waals surface area contributed by atoms with E-state index >= 15 is 0 Å². The van der Waals surface area contributed by atoms with Crippen LogP contribution < -0.4 is 11.2 Å². The van der Waals surface area contributed by atoms with Gasteiger partial charge in [-0.05, 0) is 26.0 Å². The number of nitrogens with zero attached hydrogens (tertiary/aromatic N) is 1. The maximum Gasteiger partial charge on any atom is 0.305 e. The summed E-state index contributed by atoms with van der Waals surface area (Å²) in [6.07, 6.45) is -0.384. The lowest BCUT2D eigenvalue weighted by Crippen LogP contribution is -2.41. The largest absolute Gasteiger partial charge is 0.481 e. The number of nitrogens with one attached hydrogen (secondary N) is 1. The van der Waals surface area contributed by atoms with Gasteiger partial charge in [-0.1, -0.05) is 0 Å². The molecule has 0 spiro atoms. The van der Waals surface area contributed by atoms with Gasteiger partial charge in [0.05, 0.1) is 12.5 Å². The second-order valence-corrected chi connectivity index (χ2v) is 3.63. The first-order valence-corrected chi connectivity index (χ1v) is 4.85. The third-order valence-electron chi connectivity index (χ3n) is 2.22. The second-order valence-electron chi connectivity index (χ2n) is 3.63. The van der Waals surface area contributed by atoms with E-state index in [1.165, 1.54) is 0 Å². The number of amides is 1. The van der Waals surface area contributed by atoms with Crippen molar-refractivity contribution in [2.24, 2.45) is 5.73 Å². The molecule has 1 unspecified atom stereocenters. The summed E-state index contributed by atoms with van der Waals surface area (Å²) in [5.41, 5.74) is 9.69. The predicted molar refractivity (Wildman–Crippen MR) is 58.5 cm³/mol. The van der Waals surface area contributed by atoms with Gasteiger partial charge in [0.25, 0.3) is 5.91 Å². The Morgan fingerprint density at radius 3 is 2.38 bits per heavy atom. The van der Waals surface area contributed by atoms with Gasteiger partial charge in [-0.25, -0.2) is 0 Å². The van der Waals surface area contributed by atoms with Crippen molar-refractivity contribution < 1.29 is 14.7 Å². The molecule has 1 aromatic heterocycles. The van der Waals surface area contributed by atoms with Gasteiger partial charge >= 0.3 is 5.97 Å². The monoisotopic (exact) mass is 225 g/mol. The quantitative estimate of drug-likeness (QED) is 0.670. The number of hydrogen-bond acceptors (Lipinski definition) is 3.